The Kier molecular flexibility index (Phi) is 2.01. The van der Waals surface area contributed by atoms with Gasteiger partial charge in [0.25, 0.3) is 0 Å². The van der Waals surface area contributed by atoms with Crippen molar-refractivity contribution in [2.45, 2.75) is 13.3 Å². The van der Waals surface area contributed by atoms with E-state index in [9.17, 15) is 0 Å². The van der Waals surface area contributed by atoms with E-state index >= 15 is 0 Å². The zero-order valence-electron chi connectivity index (χ0n) is 5.67. The van der Waals surface area contributed by atoms with Crippen molar-refractivity contribution in [1.29, 1.82) is 0 Å². The van der Waals surface area contributed by atoms with Gasteiger partial charge >= 0.3 is 0 Å². The van der Waals surface area contributed by atoms with Gasteiger partial charge in [-0.1, -0.05) is 31.2 Å². The summed E-state index contributed by atoms with van der Waals surface area (Å²) in [4.78, 5) is 0. The van der Waals surface area contributed by atoms with Gasteiger partial charge in [0.2, 0.25) is 0 Å². The Morgan fingerprint density at radius 1 is 1.56 bits per heavy atom. The third-order valence-corrected chi connectivity index (χ3v) is 2.41. The molecular weight excluding hydrogens is 128 g/mol. The molecule has 0 nitrogen and oxygen atoms in total. The second kappa shape index (κ2) is 2.61. The molecular formula is C8H12S. The number of allylic oxidation sites excluding steroid dienone is 4. The first-order valence-corrected chi connectivity index (χ1v) is 3.85. The summed E-state index contributed by atoms with van der Waals surface area (Å²) < 4.78 is 0. The van der Waals surface area contributed by atoms with E-state index in [1.165, 1.54) is 0 Å². The normalized spacial score (nSPS) is 33.1. The predicted octanol–water partition coefficient (Wildman–Crippen LogP) is 2.44. The number of thiol groups is 1. The van der Waals surface area contributed by atoms with Crippen LogP contribution in [0.4, 0.5) is 0 Å². The van der Waals surface area contributed by atoms with Gasteiger partial charge in [-0.2, -0.15) is 12.6 Å². The summed E-state index contributed by atoms with van der Waals surface area (Å²) in [6.07, 6.45) is 9.73. The van der Waals surface area contributed by atoms with Crippen molar-refractivity contribution in [2.24, 2.45) is 5.41 Å². The lowest BCUT2D eigenvalue weighted by molar-refractivity contribution is 0.497. The monoisotopic (exact) mass is 140 g/mol. The zero-order chi connectivity index (χ0) is 6.74. The Balaban J connectivity index is 2.63. The smallest absolute Gasteiger partial charge is 0.000601 e. The minimum atomic E-state index is 0.317. The molecule has 0 saturated carbocycles. The highest BCUT2D eigenvalue weighted by Gasteiger charge is 2.17. The Morgan fingerprint density at radius 3 is 2.67 bits per heavy atom. The molecule has 0 bridgehead atoms. The number of hydrogen-bond acceptors (Lipinski definition) is 1. The average Bonchev–Trinajstić information content (AvgIpc) is 1.90. The Hall–Kier alpha value is -0.170. The van der Waals surface area contributed by atoms with Gasteiger partial charge in [0.05, 0.1) is 0 Å². The summed E-state index contributed by atoms with van der Waals surface area (Å²) in [5, 5.41) is 0. The number of hydrogen-bond donors (Lipinski definition) is 1. The van der Waals surface area contributed by atoms with Crippen molar-refractivity contribution < 1.29 is 0 Å². The van der Waals surface area contributed by atoms with Crippen molar-refractivity contribution in [3.05, 3.63) is 24.3 Å². The van der Waals surface area contributed by atoms with Gasteiger partial charge in [-0.25, -0.2) is 0 Å². The molecule has 0 aliphatic heterocycles. The topological polar surface area (TPSA) is 0 Å². The molecule has 0 radical (unpaired) electrons. The molecule has 0 amide bonds. The molecule has 0 saturated heterocycles. The molecule has 0 fully saturated rings. The van der Waals surface area contributed by atoms with Gasteiger partial charge in [-0.3, -0.25) is 0 Å². The molecule has 1 aliphatic carbocycles. The molecule has 1 heteroatoms. The highest BCUT2D eigenvalue weighted by Crippen LogP contribution is 2.27. The first-order valence-electron chi connectivity index (χ1n) is 3.22. The van der Waals surface area contributed by atoms with Crippen LogP contribution in [0.5, 0.6) is 0 Å². The maximum Gasteiger partial charge on any atom is -0.000601 e. The lowest BCUT2D eigenvalue weighted by Gasteiger charge is -2.23. The molecule has 1 rings (SSSR count). The van der Waals surface area contributed by atoms with E-state index in [2.05, 4.69) is 43.9 Å². The van der Waals surface area contributed by atoms with Crippen molar-refractivity contribution in [3.63, 3.8) is 0 Å². The van der Waals surface area contributed by atoms with Gasteiger partial charge in [0, 0.05) is 0 Å². The Morgan fingerprint density at radius 2 is 2.33 bits per heavy atom. The molecule has 0 aromatic rings. The number of rotatable bonds is 1. The van der Waals surface area contributed by atoms with E-state index in [1.807, 2.05) is 0 Å². The largest absolute Gasteiger partial charge is 0.178 e. The third kappa shape index (κ3) is 1.62. The summed E-state index contributed by atoms with van der Waals surface area (Å²) >= 11 is 4.26. The summed E-state index contributed by atoms with van der Waals surface area (Å²) in [7, 11) is 0. The zero-order valence-corrected chi connectivity index (χ0v) is 6.57. The minimum absolute atomic E-state index is 0.317. The first kappa shape index (κ1) is 6.94. The fourth-order valence-corrected chi connectivity index (χ4v) is 1.12. The van der Waals surface area contributed by atoms with Crippen LogP contribution in [0.3, 0.4) is 0 Å². The molecule has 9 heavy (non-hydrogen) atoms. The lowest BCUT2D eigenvalue weighted by Crippen LogP contribution is -2.15. The van der Waals surface area contributed by atoms with Crippen molar-refractivity contribution >= 4 is 12.6 Å². The summed E-state index contributed by atoms with van der Waals surface area (Å²) in [6, 6.07) is 0. The molecule has 0 N–H and O–H groups in total. The molecule has 1 atom stereocenters. The van der Waals surface area contributed by atoms with Crippen LogP contribution in [0.2, 0.25) is 0 Å². The average molecular weight is 140 g/mol. The van der Waals surface area contributed by atoms with Gasteiger partial charge < -0.3 is 0 Å². The van der Waals surface area contributed by atoms with Crippen molar-refractivity contribution in [3.8, 4) is 0 Å². The van der Waals surface area contributed by atoms with E-state index in [-0.39, 0.29) is 0 Å². The molecule has 1 unspecified atom stereocenters. The van der Waals surface area contributed by atoms with Gasteiger partial charge in [0.1, 0.15) is 0 Å². The third-order valence-electron chi connectivity index (χ3n) is 1.69. The summed E-state index contributed by atoms with van der Waals surface area (Å²) in [6.45, 7) is 2.22. The van der Waals surface area contributed by atoms with E-state index in [1.54, 1.807) is 0 Å². The maximum atomic E-state index is 4.26. The molecule has 0 aromatic heterocycles. The van der Waals surface area contributed by atoms with Crippen LogP contribution in [0.1, 0.15) is 13.3 Å². The van der Waals surface area contributed by atoms with Crippen molar-refractivity contribution in [1.82, 2.24) is 0 Å². The summed E-state index contributed by atoms with van der Waals surface area (Å²) in [5.74, 6) is 0.938. The van der Waals surface area contributed by atoms with Crippen LogP contribution in [-0.2, 0) is 0 Å². The fourth-order valence-electron chi connectivity index (χ4n) is 0.889. The van der Waals surface area contributed by atoms with E-state index in [4.69, 9.17) is 0 Å². The lowest BCUT2D eigenvalue weighted by atomic mass is 9.86. The molecule has 1 aliphatic rings. The molecule has 50 valence electrons. The van der Waals surface area contributed by atoms with Crippen LogP contribution < -0.4 is 0 Å². The second-order valence-electron chi connectivity index (χ2n) is 2.80. The van der Waals surface area contributed by atoms with Crippen LogP contribution in [-0.4, -0.2) is 5.75 Å². The van der Waals surface area contributed by atoms with Gasteiger partial charge in [0.15, 0.2) is 0 Å². The van der Waals surface area contributed by atoms with Gasteiger partial charge in [-0.15, -0.1) is 0 Å². The minimum Gasteiger partial charge on any atom is -0.178 e. The maximum absolute atomic E-state index is 4.26. The molecule has 0 aromatic carbocycles. The van der Waals surface area contributed by atoms with Gasteiger partial charge in [-0.05, 0) is 17.6 Å². The van der Waals surface area contributed by atoms with E-state index in [0.29, 0.717) is 5.41 Å². The fraction of sp³-hybridized carbons (Fsp3) is 0.500. The van der Waals surface area contributed by atoms with E-state index in [0.717, 1.165) is 12.2 Å². The molecule has 0 spiro atoms. The Bertz CT molecular complexity index is 147. The second-order valence-corrected chi connectivity index (χ2v) is 3.12. The Labute approximate surface area is 62.1 Å². The quantitative estimate of drug-likeness (QED) is 0.531. The van der Waals surface area contributed by atoms with Crippen LogP contribution in [0.15, 0.2) is 24.3 Å². The standard InChI is InChI=1S/C8H12S/c1-8(7-9)5-3-2-4-6-8/h2-5,9H,6-7H2,1H3. The summed E-state index contributed by atoms with van der Waals surface area (Å²) in [5.41, 5.74) is 0.317. The van der Waals surface area contributed by atoms with E-state index < -0.39 is 0 Å². The van der Waals surface area contributed by atoms with Crippen LogP contribution >= 0.6 is 12.6 Å². The highest BCUT2D eigenvalue weighted by atomic mass is 32.1. The highest BCUT2D eigenvalue weighted by molar-refractivity contribution is 7.80. The van der Waals surface area contributed by atoms with Crippen molar-refractivity contribution in [2.75, 3.05) is 5.75 Å². The predicted molar refractivity (Wildman–Crippen MR) is 44.9 cm³/mol. The molecule has 0 heterocycles. The van der Waals surface area contributed by atoms with Crippen LogP contribution in [0.25, 0.3) is 0 Å². The van der Waals surface area contributed by atoms with Crippen LogP contribution in [0, 0.1) is 5.41 Å². The SMILES string of the molecule is CC1(CS)C=CC=CC1. The first-order chi connectivity index (χ1) is 4.27.